The van der Waals surface area contributed by atoms with Crippen molar-refractivity contribution in [2.45, 2.75) is 26.3 Å². The van der Waals surface area contributed by atoms with Crippen LogP contribution in [-0.2, 0) is 0 Å². The van der Waals surface area contributed by atoms with Crippen LogP contribution in [0.1, 0.15) is 37.5 Å². The highest BCUT2D eigenvalue weighted by Crippen LogP contribution is 2.50. The second-order valence-electron chi connectivity index (χ2n) is 8.75. The van der Waals surface area contributed by atoms with Gasteiger partial charge in [-0.15, -0.1) is 0 Å². The second kappa shape index (κ2) is 7.20. The van der Waals surface area contributed by atoms with E-state index in [0.29, 0.717) is 34.9 Å². The van der Waals surface area contributed by atoms with Gasteiger partial charge in [-0.25, -0.2) is 22.0 Å². The lowest BCUT2D eigenvalue weighted by Gasteiger charge is -2.35. The number of hydrogen-bond acceptors (Lipinski definition) is 2. The summed E-state index contributed by atoms with van der Waals surface area (Å²) < 4.78 is 76.3. The maximum absolute atomic E-state index is 14.7. The minimum atomic E-state index is -1.32. The van der Waals surface area contributed by atoms with E-state index in [2.05, 4.69) is 5.32 Å². The quantitative estimate of drug-likeness (QED) is 0.302. The van der Waals surface area contributed by atoms with Gasteiger partial charge in [-0.3, -0.25) is 0 Å². The molecule has 0 bridgehead atoms. The molecule has 168 valence electrons. The molecule has 0 aromatic heterocycles. The number of allylic oxidation sites excluding steroid dienone is 1. The molecule has 3 aromatic carbocycles. The molecule has 1 N–H and O–H groups in total. The van der Waals surface area contributed by atoms with Crippen molar-refractivity contribution in [2.24, 2.45) is 0 Å². The van der Waals surface area contributed by atoms with Crippen LogP contribution in [0, 0.1) is 29.1 Å². The summed E-state index contributed by atoms with van der Waals surface area (Å²) in [4.78, 5) is 0. The van der Waals surface area contributed by atoms with Crippen LogP contribution in [0.5, 0.6) is 5.75 Å². The van der Waals surface area contributed by atoms with Crippen LogP contribution < -0.4 is 10.1 Å². The van der Waals surface area contributed by atoms with Crippen LogP contribution in [0.15, 0.2) is 42.5 Å². The van der Waals surface area contributed by atoms with Crippen molar-refractivity contribution in [3.63, 3.8) is 0 Å². The van der Waals surface area contributed by atoms with Crippen molar-refractivity contribution in [1.29, 1.82) is 0 Å². The highest BCUT2D eigenvalue weighted by Gasteiger charge is 2.33. The summed E-state index contributed by atoms with van der Waals surface area (Å²) in [6, 6.07) is 6.50. The Balaban J connectivity index is 1.84. The molecule has 2 aliphatic rings. The second-order valence-corrected chi connectivity index (χ2v) is 8.75. The molecule has 3 aromatic rings. The fraction of sp³-hybridized carbons (Fsp3) is 0.154. The van der Waals surface area contributed by atoms with Gasteiger partial charge in [-0.05, 0) is 56.2 Å². The summed E-state index contributed by atoms with van der Waals surface area (Å²) in [6.45, 7) is 5.87. The Labute approximate surface area is 187 Å². The Morgan fingerprint density at radius 1 is 0.818 bits per heavy atom. The van der Waals surface area contributed by atoms with Crippen LogP contribution in [-0.4, -0.2) is 5.54 Å². The molecular weight excluding hydrogens is 437 g/mol. The fourth-order valence-electron chi connectivity index (χ4n) is 4.51. The third kappa shape index (κ3) is 3.48. The summed E-state index contributed by atoms with van der Waals surface area (Å²) >= 11 is 0. The Kier molecular flexibility index (Phi) is 4.64. The van der Waals surface area contributed by atoms with E-state index < -0.39 is 29.1 Å². The van der Waals surface area contributed by atoms with E-state index in [0.717, 1.165) is 17.3 Å². The lowest BCUT2D eigenvalue weighted by atomic mass is 9.83. The van der Waals surface area contributed by atoms with Crippen molar-refractivity contribution in [3.05, 3.63) is 88.3 Å². The van der Waals surface area contributed by atoms with Gasteiger partial charge < -0.3 is 10.1 Å². The maximum atomic E-state index is 14.7. The topological polar surface area (TPSA) is 21.3 Å². The lowest BCUT2D eigenvalue weighted by Crippen LogP contribution is -2.32. The molecule has 0 unspecified atom stereocenters. The van der Waals surface area contributed by atoms with E-state index in [1.165, 1.54) is 6.08 Å². The van der Waals surface area contributed by atoms with E-state index in [4.69, 9.17) is 4.74 Å². The monoisotopic (exact) mass is 455 g/mol. The van der Waals surface area contributed by atoms with Crippen LogP contribution in [0.2, 0.25) is 0 Å². The highest BCUT2D eigenvalue weighted by atomic mass is 19.2. The number of halogens is 5. The zero-order valence-electron chi connectivity index (χ0n) is 17.9. The predicted octanol–water partition coefficient (Wildman–Crippen LogP) is 7.55. The number of ether oxygens (including phenoxy) is 1. The Hall–Kier alpha value is -3.61. The maximum Gasteiger partial charge on any atom is 0.171 e. The SMILES string of the molecule is CC1=CC(C)(C)Nc2ccc3c(c21)/C(=C/c1cc(F)c(F)cc1F)Oc1c(F)cc(F)cc1-3. The van der Waals surface area contributed by atoms with Crippen molar-refractivity contribution in [1.82, 2.24) is 0 Å². The Morgan fingerprint density at radius 2 is 1.55 bits per heavy atom. The zero-order valence-corrected chi connectivity index (χ0v) is 17.9. The van der Waals surface area contributed by atoms with E-state index in [1.807, 2.05) is 26.8 Å². The molecule has 33 heavy (non-hydrogen) atoms. The van der Waals surface area contributed by atoms with Crippen molar-refractivity contribution >= 4 is 23.1 Å². The molecule has 5 rings (SSSR count). The first-order valence-corrected chi connectivity index (χ1v) is 10.2. The fourth-order valence-corrected chi connectivity index (χ4v) is 4.51. The molecule has 7 heteroatoms. The molecule has 0 spiro atoms. The van der Waals surface area contributed by atoms with Gasteiger partial charge in [0.2, 0.25) is 0 Å². The summed E-state index contributed by atoms with van der Waals surface area (Å²) in [7, 11) is 0. The van der Waals surface area contributed by atoms with Gasteiger partial charge >= 0.3 is 0 Å². The van der Waals surface area contributed by atoms with Crippen LogP contribution in [0.4, 0.5) is 27.6 Å². The molecule has 0 radical (unpaired) electrons. The van der Waals surface area contributed by atoms with Crippen LogP contribution in [0.3, 0.4) is 0 Å². The molecule has 0 saturated heterocycles. The van der Waals surface area contributed by atoms with E-state index in [9.17, 15) is 22.0 Å². The summed E-state index contributed by atoms with van der Waals surface area (Å²) in [5, 5.41) is 3.38. The molecule has 0 aliphatic carbocycles. The third-order valence-electron chi connectivity index (χ3n) is 5.72. The molecule has 0 saturated carbocycles. The first-order chi connectivity index (χ1) is 15.5. The number of nitrogens with one attached hydrogen (secondary N) is 1. The van der Waals surface area contributed by atoms with Gasteiger partial charge in [-0.2, -0.15) is 0 Å². The van der Waals surface area contributed by atoms with Gasteiger partial charge in [-0.1, -0.05) is 12.1 Å². The van der Waals surface area contributed by atoms with Gasteiger partial charge in [0.25, 0.3) is 0 Å². The van der Waals surface area contributed by atoms with Gasteiger partial charge in [0.15, 0.2) is 23.2 Å². The summed E-state index contributed by atoms with van der Waals surface area (Å²) in [5.41, 5.74) is 2.83. The van der Waals surface area contributed by atoms with Gasteiger partial charge in [0.05, 0.1) is 5.54 Å². The van der Waals surface area contributed by atoms with Crippen LogP contribution in [0.25, 0.3) is 28.5 Å². The average molecular weight is 455 g/mol. The van der Waals surface area contributed by atoms with Gasteiger partial charge in [0, 0.05) is 40.1 Å². The number of rotatable bonds is 1. The van der Waals surface area contributed by atoms with Crippen molar-refractivity contribution in [3.8, 4) is 16.9 Å². The number of fused-ring (bicyclic) bond motifs is 5. The lowest BCUT2D eigenvalue weighted by molar-refractivity contribution is 0.459. The van der Waals surface area contributed by atoms with Crippen molar-refractivity contribution in [2.75, 3.05) is 5.32 Å². The average Bonchev–Trinajstić information content (AvgIpc) is 2.71. The Morgan fingerprint density at radius 3 is 2.30 bits per heavy atom. The van der Waals surface area contributed by atoms with E-state index in [-0.39, 0.29) is 28.2 Å². The standard InChI is InChI=1S/C26H18F5NO/c1-12-11-26(2,3)32-21-5-4-15-16-8-14(27)9-20(31)25(16)33-22(24(15)23(12)21)7-13-6-18(29)19(30)10-17(13)28/h4-11,32H,1-3H3/b22-7-. The van der Waals surface area contributed by atoms with Gasteiger partial charge in [0.1, 0.15) is 17.4 Å². The number of hydrogen-bond donors (Lipinski definition) is 1. The largest absolute Gasteiger partial charge is 0.453 e. The molecule has 2 heterocycles. The minimum Gasteiger partial charge on any atom is -0.453 e. The normalized spacial score (nSPS) is 16.8. The third-order valence-corrected chi connectivity index (χ3v) is 5.72. The smallest absolute Gasteiger partial charge is 0.171 e. The molecule has 0 amide bonds. The van der Waals surface area contributed by atoms with Crippen molar-refractivity contribution < 1.29 is 26.7 Å². The Bertz CT molecular complexity index is 1400. The molecular formula is C26H18F5NO. The first-order valence-electron chi connectivity index (χ1n) is 10.2. The summed E-state index contributed by atoms with van der Waals surface area (Å²) in [6.07, 6.45) is 3.18. The predicted molar refractivity (Wildman–Crippen MR) is 118 cm³/mol. The van der Waals surface area contributed by atoms with Crippen LogP contribution >= 0.6 is 0 Å². The molecule has 0 atom stereocenters. The zero-order chi connectivity index (χ0) is 23.7. The first kappa shape index (κ1) is 21.2. The van der Waals surface area contributed by atoms with E-state index in [1.54, 1.807) is 12.1 Å². The highest BCUT2D eigenvalue weighted by molar-refractivity contribution is 6.00. The number of anilines is 1. The minimum absolute atomic E-state index is 0.0269. The molecule has 2 nitrogen and oxygen atoms in total. The molecule has 0 fully saturated rings. The summed E-state index contributed by atoms with van der Waals surface area (Å²) in [5.74, 6) is -5.48. The number of benzene rings is 3. The van der Waals surface area contributed by atoms with E-state index >= 15 is 0 Å². The molecule has 2 aliphatic heterocycles.